The number of ether oxygens (including phenoxy) is 2. The zero-order valence-corrected chi connectivity index (χ0v) is 17.1. The van der Waals surface area contributed by atoms with E-state index in [1.165, 1.54) is 0 Å². The number of fused-ring (bicyclic) bond motifs is 2. The van der Waals surface area contributed by atoms with Crippen molar-refractivity contribution >= 4 is 16.7 Å². The molecular weight excluding hydrogens is 364 g/mol. The molecule has 0 radical (unpaired) electrons. The Morgan fingerprint density at radius 1 is 1.10 bits per heavy atom. The van der Waals surface area contributed by atoms with E-state index in [4.69, 9.17) is 9.47 Å². The summed E-state index contributed by atoms with van der Waals surface area (Å²) in [6.45, 7) is 6.38. The summed E-state index contributed by atoms with van der Waals surface area (Å²) in [6.07, 6.45) is 0.891. The van der Waals surface area contributed by atoms with Gasteiger partial charge in [-0.2, -0.15) is 0 Å². The Bertz CT molecular complexity index is 1060. The Labute approximate surface area is 171 Å². The molecular formula is C25H26O4. The maximum absolute atomic E-state index is 12.3. The minimum absolute atomic E-state index is 0.596. The second-order valence-electron chi connectivity index (χ2n) is 8.47. The van der Waals surface area contributed by atoms with Gasteiger partial charge < -0.3 is 14.6 Å². The topological polar surface area (TPSA) is 55.8 Å². The maximum atomic E-state index is 12.3. The summed E-state index contributed by atoms with van der Waals surface area (Å²) in [5, 5.41) is 12.0. The summed E-state index contributed by atoms with van der Waals surface area (Å²) in [4.78, 5) is 12.3. The van der Waals surface area contributed by atoms with Gasteiger partial charge in [0.1, 0.15) is 5.75 Å². The molecule has 4 rings (SSSR count). The van der Waals surface area contributed by atoms with E-state index in [0.717, 1.165) is 52.7 Å². The number of carboxylic acid groups (broad SMARTS) is 1. The summed E-state index contributed by atoms with van der Waals surface area (Å²) < 4.78 is 11.8. The second kappa shape index (κ2) is 7.53. The number of carboxylic acids is 1. The third kappa shape index (κ3) is 3.99. The van der Waals surface area contributed by atoms with Gasteiger partial charge in [-0.3, -0.25) is 0 Å². The van der Waals surface area contributed by atoms with Crippen LogP contribution in [0.15, 0.2) is 54.6 Å². The van der Waals surface area contributed by atoms with Gasteiger partial charge in [0.25, 0.3) is 0 Å². The van der Waals surface area contributed by atoms with Gasteiger partial charge in [-0.05, 0) is 73.2 Å². The summed E-state index contributed by atoms with van der Waals surface area (Å²) in [5.41, 5.74) is 3.13. The van der Waals surface area contributed by atoms with Crippen molar-refractivity contribution in [2.24, 2.45) is 0 Å². The van der Waals surface area contributed by atoms with Crippen molar-refractivity contribution in [1.82, 2.24) is 0 Å². The molecule has 0 saturated carbocycles. The summed E-state index contributed by atoms with van der Waals surface area (Å²) in [6, 6.07) is 18.0. The third-order valence-electron chi connectivity index (χ3n) is 5.15. The standard InChI is InChI=1S/C25H26O4/c1-25(2,3)29-23(24(26)27)22-19-9-5-4-7-16(19)10-12-20(22)17-11-13-21-18(15-17)8-6-14-28-21/h4-5,7,9-13,15,23H,6,8,14H2,1-3H3,(H,26,27). The Morgan fingerprint density at radius 3 is 2.66 bits per heavy atom. The lowest BCUT2D eigenvalue weighted by molar-refractivity contribution is -0.160. The number of aryl methyl sites for hydroxylation is 1. The number of benzene rings is 3. The van der Waals surface area contributed by atoms with Crippen molar-refractivity contribution < 1.29 is 19.4 Å². The lowest BCUT2D eigenvalue weighted by Gasteiger charge is -2.28. The molecule has 1 aliphatic rings. The molecule has 1 unspecified atom stereocenters. The number of aliphatic carboxylic acids is 1. The van der Waals surface area contributed by atoms with Gasteiger partial charge in [-0.25, -0.2) is 4.79 Å². The molecule has 150 valence electrons. The molecule has 0 saturated heterocycles. The van der Waals surface area contributed by atoms with Crippen LogP contribution in [-0.2, 0) is 16.0 Å². The highest BCUT2D eigenvalue weighted by atomic mass is 16.5. The number of hydrogen-bond donors (Lipinski definition) is 1. The zero-order valence-electron chi connectivity index (χ0n) is 17.1. The Hall–Kier alpha value is -2.85. The molecule has 3 aromatic rings. The van der Waals surface area contributed by atoms with Crippen molar-refractivity contribution in [3.63, 3.8) is 0 Å². The van der Waals surface area contributed by atoms with E-state index in [9.17, 15) is 9.90 Å². The van der Waals surface area contributed by atoms with Crippen LogP contribution in [0.25, 0.3) is 21.9 Å². The van der Waals surface area contributed by atoms with Crippen molar-refractivity contribution in [1.29, 1.82) is 0 Å². The zero-order chi connectivity index (χ0) is 20.6. The van der Waals surface area contributed by atoms with Crippen LogP contribution in [0.3, 0.4) is 0 Å². The van der Waals surface area contributed by atoms with Crippen LogP contribution in [0.2, 0.25) is 0 Å². The molecule has 0 aromatic heterocycles. The molecule has 1 heterocycles. The molecule has 3 aromatic carbocycles. The molecule has 4 heteroatoms. The average molecular weight is 390 g/mol. The van der Waals surface area contributed by atoms with Gasteiger partial charge in [0, 0.05) is 5.56 Å². The van der Waals surface area contributed by atoms with Crippen LogP contribution in [0, 0.1) is 0 Å². The fraction of sp³-hybridized carbons (Fsp3) is 0.320. The van der Waals surface area contributed by atoms with E-state index in [1.54, 1.807) is 0 Å². The van der Waals surface area contributed by atoms with Crippen LogP contribution < -0.4 is 4.74 Å². The predicted molar refractivity (Wildman–Crippen MR) is 114 cm³/mol. The van der Waals surface area contributed by atoms with E-state index in [2.05, 4.69) is 6.07 Å². The second-order valence-corrected chi connectivity index (χ2v) is 8.47. The first-order valence-electron chi connectivity index (χ1n) is 10.0. The quantitative estimate of drug-likeness (QED) is 0.614. The van der Waals surface area contributed by atoms with E-state index in [0.29, 0.717) is 5.56 Å². The number of hydrogen-bond acceptors (Lipinski definition) is 3. The summed E-state index contributed by atoms with van der Waals surface area (Å²) >= 11 is 0. The smallest absolute Gasteiger partial charge is 0.337 e. The number of rotatable bonds is 4. The van der Waals surface area contributed by atoms with Gasteiger partial charge in [-0.15, -0.1) is 0 Å². The van der Waals surface area contributed by atoms with Crippen LogP contribution >= 0.6 is 0 Å². The minimum Gasteiger partial charge on any atom is -0.493 e. The van der Waals surface area contributed by atoms with Crippen LogP contribution in [0.5, 0.6) is 5.75 Å². The van der Waals surface area contributed by atoms with E-state index in [-0.39, 0.29) is 0 Å². The molecule has 1 atom stereocenters. The largest absolute Gasteiger partial charge is 0.493 e. The highest BCUT2D eigenvalue weighted by Crippen LogP contribution is 2.39. The predicted octanol–water partition coefficient (Wildman–Crippen LogP) is 5.77. The highest BCUT2D eigenvalue weighted by molar-refractivity contribution is 5.96. The van der Waals surface area contributed by atoms with E-state index >= 15 is 0 Å². The monoisotopic (exact) mass is 390 g/mol. The Balaban J connectivity index is 1.95. The summed E-state index contributed by atoms with van der Waals surface area (Å²) in [7, 11) is 0. The normalized spacial score (nSPS) is 14.9. The first kappa shape index (κ1) is 19.5. The Kier molecular flexibility index (Phi) is 5.05. The van der Waals surface area contributed by atoms with Crippen molar-refractivity contribution in [2.45, 2.75) is 45.3 Å². The van der Waals surface area contributed by atoms with Gasteiger partial charge in [0.15, 0.2) is 6.10 Å². The fourth-order valence-electron chi connectivity index (χ4n) is 3.94. The van der Waals surface area contributed by atoms with Crippen LogP contribution in [0.4, 0.5) is 0 Å². The van der Waals surface area contributed by atoms with Crippen LogP contribution in [-0.4, -0.2) is 23.3 Å². The average Bonchev–Trinajstić information content (AvgIpc) is 2.70. The van der Waals surface area contributed by atoms with E-state index < -0.39 is 17.7 Å². The molecule has 0 fully saturated rings. The molecule has 0 amide bonds. The van der Waals surface area contributed by atoms with E-state index in [1.807, 2.05) is 69.3 Å². The first-order chi connectivity index (χ1) is 13.8. The lowest BCUT2D eigenvalue weighted by atomic mass is 9.89. The molecule has 0 aliphatic carbocycles. The minimum atomic E-state index is -1.07. The van der Waals surface area contributed by atoms with Gasteiger partial charge in [0.2, 0.25) is 0 Å². The van der Waals surface area contributed by atoms with Gasteiger partial charge in [-0.1, -0.05) is 42.5 Å². The molecule has 0 spiro atoms. The van der Waals surface area contributed by atoms with Crippen molar-refractivity contribution in [3.05, 3.63) is 65.7 Å². The molecule has 1 aliphatic heterocycles. The summed E-state index contributed by atoms with van der Waals surface area (Å²) in [5.74, 6) is -0.0677. The van der Waals surface area contributed by atoms with Crippen LogP contribution in [0.1, 0.15) is 44.4 Å². The molecule has 29 heavy (non-hydrogen) atoms. The van der Waals surface area contributed by atoms with Gasteiger partial charge >= 0.3 is 5.97 Å². The Morgan fingerprint density at radius 2 is 1.90 bits per heavy atom. The molecule has 1 N–H and O–H groups in total. The SMILES string of the molecule is CC(C)(C)OC(C(=O)O)c1c(-c2ccc3c(c2)CCCO3)ccc2ccccc12. The highest BCUT2D eigenvalue weighted by Gasteiger charge is 2.31. The first-order valence-corrected chi connectivity index (χ1v) is 10.0. The number of carbonyl (C=O) groups is 1. The lowest BCUT2D eigenvalue weighted by Crippen LogP contribution is -2.27. The van der Waals surface area contributed by atoms with Crippen molar-refractivity contribution in [2.75, 3.05) is 6.61 Å². The fourth-order valence-corrected chi connectivity index (χ4v) is 3.94. The third-order valence-corrected chi connectivity index (χ3v) is 5.15. The van der Waals surface area contributed by atoms with Crippen molar-refractivity contribution in [3.8, 4) is 16.9 Å². The molecule has 4 nitrogen and oxygen atoms in total. The molecule has 0 bridgehead atoms. The maximum Gasteiger partial charge on any atom is 0.337 e. The van der Waals surface area contributed by atoms with Gasteiger partial charge in [0.05, 0.1) is 12.2 Å².